The Bertz CT molecular complexity index is 799. The lowest BCUT2D eigenvalue weighted by molar-refractivity contribution is 0.125. The molecule has 0 aliphatic carbocycles. The zero-order valence-corrected chi connectivity index (χ0v) is 27.9. The highest BCUT2D eigenvalue weighted by Gasteiger charge is 2.07. The third-order valence-electron chi connectivity index (χ3n) is 9.13. The minimum Gasteiger partial charge on any atom is -0.381 e. The molecule has 0 aromatic heterocycles. The first-order valence-corrected chi connectivity index (χ1v) is 18.3. The summed E-state index contributed by atoms with van der Waals surface area (Å²) in [6.07, 6.45) is 34.0. The van der Waals surface area contributed by atoms with E-state index in [0.29, 0.717) is 11.8 Å². The van der Waals surface area contributed by atoms with E-state index in [2.05, 4.69) is 86.0 Å². The summed E-state index contributed by atoms with van der Waals surface area (Å²) < 4.78 is 5.89. The fourth-order valence-electron chi connectivity index (χ4n) is 6.31. The van der Waals surface area contributed by atoms with Crippen molar-refractivity contribution in [2.24, 2.45) is 0 Å². The summed E-state index contributed by atoms with van der Waals surface area (Å²) in [6.45, 7) is 10.0. The maximum absolute atomic E-state index is 5.89. The van der Waals surface area contributed by atoms with E-state index in [1.165, 1.54) is 152 Å². The molecule has 0 saturated carbocycles. The number of ether oxygens (including phenoxy) is 1. The van der Waals surface area contributed by atoms with E-state index < -0.39 is 0 Å². The Morgan fingerprint density at radius 2 is 0.674 bits per heavy atom. The van der Waals surface area contributed by atoms with E-state index in [0.717, 1.165) is 13.2 Å². The van der Waals surface area contributed by atoms with Crippen LogP contribution < -0.4 is 0 Å². The average Bonchev–Trinajstić information content (AvgIpc) is 3.05. The zero-order valence-electron chi connectivity index (χ0n) is 27.9. The second kappa shape index (κ2) is 27.4. The minimum absolute atomic E-state index is 0.522. The number of unbranched alkanes of at least 4 members (excludes halogenated alkanes) is 18. The van der Waals surface area contributed by atoms with Gasteiger partial charge in [0, 0.05) is 25.0 Å². The molecule has 2 atom stereocenters. The van der Waals surface area contributed by atoms with Crippen molar-refractivity contribution in [3.05, 3.63) is 97.1 Å². The molecule has 0 aliphatic heterocycles. The molecule has 0 bridgehead atoms. The summed E-state index contributed by atoms with van der Waals surface area (Å²) in [4.78, 5) is 0. The number of rotatable bonds is 30. The van der Waals surface area contributed by atoms with Gasteiger partial charge in [0.15, 0.2) is 0 Å². The van der Waals surface area contributed by atoms with Crippen LogP contribution in [0.5, 0.6) is 0 Å². The maximum Gasteiger partial charge on any atom is 0.0466 e. The molecular weight excluding hydrogens is 520 g/mol. The van der Waals surface area contributed by atoms with Gasteiger partial charge < -0.3 is 4.74 Å². The molecule has 2 aromatic rings. The van der Waals surface area contributed by atoms with Gasteiger partial charge in [-0.2, -0.15) is 0 Å². The summed E-state index contributed by atoms with van der Waals surface area (Å²) in [6, 6.07) is 21.7. The summed E-state index contributed by atoms with van der Waals surface area (Å²) in [5, 5.41) is 0. The monoisotopic (exact) mass is 587 g/mol. The van der Waals surface area contributed by atoms with Crippen molar-refractivity contribution in [3.8, 4) is 0 Å². The van der Waals surface area contributed by atoms with Crippen LogP contribution in [0.2, 0.25) is 0 Å². The van der Waals surface area contributed by atoms with Crippen LogP contribution in [0.1, 0.15) is 164 Å². The van der Waals surface area contributed by atoms with E-state index in [9.17, 15) is 0 Å². The molecule has 0 heterocycles. The van der Waals surface area contributed by atoms with Crippen LogP contribution >= 0.6 is 0 Å². The Morgan fingerprint density at radius 3 is 0.977 bits per heavy atom. The van der Waals surface area contributed by atoms with Gasteiger partial charge in [-0.15, -0.1) is 13.2 Å². The Morgan fingerprint density at radius 1 is 0.395 bits per heavy atom. The van der Waals surface area contributed by atoms with E-state index in [1.807, 2.05) is 0 Å². The van der Waals surface area contributed by atoms with Gasteiger partial charge in [-0.25, -0.2) is 0 Å². The van der Waals surface area contributed by atoms with Crippen LogP contribution in [0.4, 0.5) is 0 Å². The van der Waals surface area contributed by atoms with Gasteiger partial charge in [0.2, 0.25) is 0 Å². The van der Waals surface area contributed by atoms with Crippen LogP contribution in [0.3, 0.4) is 0 Å². The average molecular weight is 587 g/mol. The third kappa shape index (κ3) is 19.7. The van der Waals surface area contributed by atoms with E-state index in [1.54, 1.807) is 0 Å². The van der Waals surface area contributed by atoms with Gasteiger partial charge in [0.25, 0.3) is 0 Å². The number of benzene rings is 2. The first-order chi connectivity index (χ1) is 21.3. The van der Waals surface area contributed by atoms with Crippen LogP contribution in [0, 0.1) is 0 Å². The smallest absolute Gasteiger partial charge is 0.0466 e. The van der Waals surface area contributed by atoms with Crippen molar-refractivity contribution in [1.29, 1.82) is 0 Å². The quantitative estimate of drug-likeness (QED) is 0.0653. The summed E-state index contributed by atoms with van der Waals surface area (Å²) in [7, 11) is 0. The Labute approximate surface area is 267 Å². The Balaban J connectivity index is 1.22. The van der Waals surface area contributed by atoms with Gasteiger partial charge >= 0.3 is 0 Å². The number of allylic oxidation sites excluding steroid dienone is 2. The highest BCUT2D eigenvalue weighted by atomic mass is 16.5. The van der Waals surface area contributed by atoms with Gasteiger partial charge in [0.1, 0.15) is 0 Å². The van der Waals surface area contributed by atoms with Crippen LogP contribution in [0.15, 0.2) is 86.0 Å². The third-order valence-corrected chi connectivity index (χ3v) is 9.13. The van der Waals surface area contributed by atoms with Crippen molar-refractivity contribution in [3.63, 3.8) is 0 Å². The van der Waals surface area contributed by atoms with Gasteiger partial charge in [-0.05, 0) is 36.8 Å². The van der Waals surface area contributed by atoms with Gasteiger partial charge in [-0.3, -0.25) is 0 Å². The molecule has 1 nitrogen and oxygen atoms in total. The lowest BCUT2D eigenvalue weighted by atomic mass is 9.93. The lowest BCUT2D eigenvalue weighted by Gasteiger charge is -2.12. The Kier molecular flexibility index (Phi) is 23.6. The first kappa shape index (κ1) is 37.1. The number of hydrogen-bond donors (Lipinski definition) is 0. The molecular formula is C42H66O. The molecule has 0 N–H and O–H groups in total. The number of hydrogen-bond acceptors (Lipinski definition) is 1. The second-order valence-electron chi connectivity index (χ2n) is 12.8. The molecule has 0 saturated heterocycles. The molecule has 2 rings (SSSR count). The van der Waals surface area contributed by atoms with Crippen molar-refractivity contribution in [2.45, 2.75) is 153 Å². The molecule has 0 fully saturated rings. The highest BCUT2D eigenvalue weighted by Crippen LogP contribution is 2.25. The molecule has 0 spiro atoms. The Hall–Kier alpha value is -2.12. The minimum atomic E-state index is 0.522. The first-order valence-electron chi connectivity index (χ1n) is 18.3. The second-order valence-corrected chi connectivity index (χ2v) is 12.8. The van der Waals surface area contributed by atoms with Crippen molar-refractivity contribution in [1.82, 2.24) is 0 Å². The van der Waals surface area contributed by atoms with Gasteiger partial charge in [-0.1, -0.05) is 188 Å². The molecule has 2 aromatic carbocycles. The van der Waals surface area contributed by atoms with Gasteiger partial charge in [0.05, 0.1) is 0 Å². The fourth-order valence-corrected chi connectivity index (χ4v) is 6.31. The van der Waals surface area contributed by atoms with Crippen LogP contribution in [0.25, 0.3) is 0 Å². The summed E-state index contributed by atoms with van der Waals surface area (Å²) >= 11 is 0. The topological polar surface area (TPSA) is 9.23 Å². The maximum atomic E-state index is 5.89. The lowest BCUT2D eigenvalue weighted by Crippen LogP contribution is -1.97. The summed E-state index contributed by atoms with van der Waals surface area (Å²) in [5.74, 6) is 1.04. The zero-order chi connectivity index (χ0) is 30.5. The molecule has 1 heteroatoms. The molecule has 2 unspecified atom stereocenters. The van der Waals surface area contributed by atoms with Crippen molar-refractivity contribution >= 4 is 0 Å². The largest absolute Gasteiger partial charge is 0.381 e. The fraction of sp³-hybridized carbons (Fsp3) is 0.619. The van der Waals surface area contributed by atoms with Crippen molar-refractivity contribution in [2.75, 3.05) is 13.2 Å². The van der Waals surface area contributed by atoms with E-state index in [-0.39, 0.29) is 0 Å². The molecule has 0 amide bonds. The predicted octanol–water partition coefficient (Wildman–Crippen LogP) is 13.5. The van der Waals surface area contributed by atoms with Crippen molar-refractivity contribution < 1.29 is 4.74 Å². The molecule has 240 valence electrons. The van der Waals surface area contributed by atoms with E-state index in [4.69, 9.17) is 4.74 Å². The standard InChI is InChI=1S/C42H66O/c1-3-39(41-33-25-21-26-34-41)31-23-17-13-9-5-7-11-15-19-29-37-43-38-30-20-16-12-8-6-10-14-18-24-32-40(4-2)42-35-27-22-28-36-42/h3-4,21-22,25-28,33-36,39-40H,1-2,5-20,23-24,29-32,37-38H2. The molecule has 0 radical (unpaired) electrons. The highest BCUT2D eigenvalue weighted by molar-refractivity contribution is 5.23. The molecule has 0 aliphatic rings. The normalized spacial score (nSPS) is 12.7. The SMILES string of the molecule is C=CC(CCCCCCCCCCCCOCCCCCCCCCCCCC(C=C)c1ccccc1)c1ccccc1. The van der Waals surface area contributed by atoms with Crippen LogP contribution in [-0.2, 0) is 4.74 Å². The van der Waals surface area contributed by atoms with E-state index >= 15 is 0 Å². The predicted molar refractivity (Wildman–Crippen MR) is 191 cm³/mol. The van der Waals surface area contributed by atoms with Crippen LogP contribution in [-0.4, -0.2) is 13.2 Å². The molecule has 43 heavy (non-hydrogen) atoms. The summed E-state index contributed by atoms with van der Waals surface area (Å²) in [5.41, 5.74) is 2.83.